The highest BCUT2D eigenvalue weighted by Gasteiger charge is 2.24. The molecular weight excluding hydrogens is 384 g/mol. The van der Waals surface area contributed by atoms with Gasteiger partial charge in [0.25, 0.3) is 0 Å². The topological polar surface area (TPSA) is 58.7 Å². The van der Waals surface area contributed by atoms with Gasteiger partial charge in [-0.15, -0.1) is 11.3 Å². The molecule has 2 aromatic carbocycles. The van der Waals surface area contributed by atoms with Crippen LogP contribution >= 0.6 is 11.3 Å². The van der Waals surface area contributed by atoms with Crippen molar-refractivity contribution < 1.29 is 14.4 Å². The van der Waals surface area contributed by atoms with Crippen molar-refractivity contribution in [2.24, 2.45) is 0 Å². The molecule has 4 rings (SSSR count). The first-order chi connectivity index (χ1) is 14.0. The van der Waals surface area contributed by atoms with Crippen LogP contribution in [0.25, 0.3) is 21.5 Å². The lowest BCUT2D eigenvalue weighted by Crippen LogP contribution is -2.43. The first kappa shape index (κ1) is 19.6. The maximum Gasteiger partial charge on any atom is 0.178 e. The SMILES string of the molecule is CN(Cc1ccccc1)C[C@](C)(O)COc1cccc(-c2noc3ccsc23)c1. The molecule has 0 saturated carbocycles. The molecule has 2 heterocycles. The molecule has 5 nitrogen and oxygen atoms in total. The minimum absolute atomic E-state index is 0.197. The van der Waals surface area contributed by atoms with Crippen LogP contribution in [0.5, 0.6) is 5.75 Å². The van der Waals surface area contributed by atoms with Crippen molar-refractivity contribution in [2.75, 3.05) is 20.2 Å². The van der Waals surface area contributed by atoms with Crippen molar-refractivity contribution in [2.45, 2.75) is 19.1 Å². The molecule has 0 amide bonds. The number of likely N-dealkylation sites (N-methyl/N-ethyl adjacent to an activating group) is 1. The van der Waals surface area contributed by atoms with Gasteiger partial charge in [0, 0.05) is 18.7 Å². The molecule has 150 valence electrons. The Hall–Kier alpha value is -2.67. The molecule has 0 aliphatic heterocycles. The fourth-order valence-electron chi connectivity index (χ4n) is 3.41. The summed E-state index contributed by atoms with van der Waals surface area (Å²) in [6.07, 6.45) is 0. The minimum Gasteiger partial charge on any atom is -0.491 e. The molecule has 0 aliphatic rings. The van der Waals surface area contributed by atoms with Gasteiger partial charge in [-0.2, -0.15) is 0 Å². The molecule has 1 N–H and O–H groups in total. The van der Waals surface area contributed by atoms with E-state index in [4.69, 9.17) is 9.26 Å². The van der Waals surface area contributed by atoms with Crippen molar-refractivity contribution >= 4 is 21.6 Å². The lowest BCUT2D eigenvalue weighted by Gasteiger charge is -2.29. The average Bonchev–Trinajstić information content (AvgIpc) is 3.31. The third-order valence-corrected chi connectivity index (χ3v) is 5.54. The van der Waals surface area contributed by atoms with E-state index < -0.39 is 5.60 Å². The van der Waals surface area contributed by atoms with E-state index in [9.17, 15) is 5.11 Å². The zero-order valence-corrected chi connectivity index (χ0v) is 17.4. The highest BCUT2D eigenvalue weighted by atomic mass is 32.1. The summed E-state index contributed by atoms with van der Waals surface area (Å²) in [5.41, 5.74) is 2.78. The van der Waals surface area contributed by atoms with E-state index in [2.05, 4.69) is 22.2 Å². The maximum atomic E-state index is 10.8. The summed E-state index contributed by atoms with van der Waals surface area (Å²) in [5.74, 6) is 0.696. The molecule has 0 aliphatic carbocycles. The number of hydrogen-bond acceptors (Lipinski definition) is 6. The molecule has 0 radical (unpaired) electrons. The summed E-state index contributed by atoms with van der Waals surface area (Å²) in [6, 6.07) is 19.9. The Kier molecular flexibility index (Phi) is 5.67. The Morgan fingerprint density at radius 3 is 2.79 bits per heavy atom. The Morgan fingerprint density at radius 1 is 1.14 bits per heavy atom. The fourth-order valence-corrected chi connectivity index (χ4v) is 4.23. The van der Waals surface area contributed by atoms with Gasteiger partial charge in [0.1, 0.15) is 28.4 Å². The molecule has 29 heavy (non-hydrogen) atoms. The van der Waals surface area contributed by atoms with Crippen LogP contribution in [0.2, 0.25) is 0 Å². The number of fused-ring (bicyclic) bond motifs is 1. The van der Waals surface area contributed by atoms with E-state index in [1.54, 1.807) is 18.3 Å². The summed E-state index contributed by atoms with van der Waals surface area (Å²) < 4.78 is 12.3. The van der Waals surface area contributed by atoms with Crippen molar-refractivity contribution in [1.29, 1.82) is 0 Å². The van der Waals surface area contributed by atoms with Crippen LogP contribution in [0.1, 0.15) is 12.5 Å². The predicted octanol–water partition coefficient (Wildman–Crippen LogP) is 4.82. The fraction of sp³-hybridized carbons (Fsp3) is 0.261. The number of aliphatic hydroxyl groups is 1. The highest BCUT2D eigenvalue weighted by molar-refractivity contribution is 7.17. The third kappa shape index (κ3) is 4.85. The normalized spacial score (nSPS) is 13.7. The van der Waals surface area contributed by atoms with Crippen molar-refractivity contribution in [3.63, 3.8) is 0 Å². The molecule has 6 heteroatoms. The van der Waals surface area contributed by atoms with E-state index in [1.807, 2.05) is 61.0 Å². The molecular formula is C23H24N2O3S. The van der Waals surface area contributed by atoms with E-state index >= 15 is 0 Å². The van der Waals surface area contributed by atoms with Gasteiger partial charge in [0.05, 0.1) is 0 Å². The van der Waals surface area contributed by atoms with Crippen LogP contribution in [0.4, 0.5) is 0 Å². The van der Waals surface area contributed by atoms with Crippen molar-refractivity contribution in [3.8, 4) is 17.0 Å². The Morgan fingerprint density at radius 2 is 1.97 bits per heavy atom. The summed E-state index contributed by atoms with van der Waals surface area (Å²) in [5, 5.41) is 17.0. The van der Waals surface area contributed by atoms with Gasteiger partial charge in [0.2, 0.25) is 0 Å². The van der Waals surface area contributed by atoms with Crippen LogP contribution in [-0.4, -0.2) is 41.0 Å². The van der Waals surface area contributed by atoms with Crippen LogP contribution < -0.4 is 4.74 Å². The van der Waals surface area contributed by atoms with E-state index in [0.717, 1.165) is 28.1 Å². The summed E-state index contributed by atoms with van der Waals surface area (Å²) in [6.45, 7) is 3.27. The van der Waals surface area contributed by atoms with Crippen LogP contribution in [0.15, 0.2) is 70.6 Å². The summed E-state index contributed by atoms with van der Waals surface area (Å²) >= 11 is 1.60. The smallest absolute Gasteiger partial charge is 0.178 e. The second kappa shape index (κ2) is 8.37. The van der Waals surface area contributed by atoms with E-state index in [0.29, 0.717) is 12.3 Å². The molecule has 0 spiro atoms. The van der Waals surface area contributed by atoms with Gasteiger partial charge in [-0.25, -0.2) is 0 Å². The second-order valence-electron chi connectivity index (χ2n) is 7.62. The van der Waals surface area contributed by atoms with Crippen molar-refractivity contribution in [1.82, 2.24) is 10.1 Å². The van der Waals surface area contributed by atoms with Crippen LogP contribution in [0, 0.1) is 0 Å². The Labute approximate surface area is 174 Å². The summed E-state index contributed by atoms with van der Waals surface area (Å²) in [7, 11) is 2.00. The zero-order valence-electron chi connectivity index (χ0n) is 16.5. The first-order valence-electron chi connectivity index (χ1n) is 9.51. The first-order valence-corrected chi connectivity index (χ1v) is 10.4. The number of hydrogen-bond donors (Lipinski definition) is 1. The van der Waals surface area contributed by atoms with Gasteiger partial charge < -0.3 is 14.4 Å². The molecule has 0 saturated heterocycles. The largest absolute Gasteiger partial charge is 0.491 e. The number of thiophene rings is 1. The van der Waals surface area contributed by atoms with Gasteiger partial charge in [0.15, 0.2) is 5.58 Å². The molecule has 2 aromatic heterocycles. The number of benzene rings is 2. The molecule has 0 fully saturated rings. The lowest BCUT2D eigenvalue weighted by atomic mass is 10.1. The number of nitrogens with zero attached hydrogens (tertiary/aromatic N) is 2. The molecule has 1 atom stereocenters. The average molecular weight is 409 g/mol. The monoisotopic (exact) mass is 408 g/mol. The van der Waals surface area contributed by atoms with Gasteiger partial charge in [-0.1, -0.05) is 47.6 Å². The van der Waals surface area contributed by atoms with Gasteiger partial charge in [-0.05, 0) is 43.1 Å². The van der Waals surface area contributed by atoms with E-state index in [-0.39, 0.29) is 6.61 Å². The third-order valence-electron chi connectivity index (χ3n) is 4.64. The summed E-state index contributed by atoms with van der Waals surface area (Å²) in [4.78, 5) is 2.10. The Balaban J connectivity index is 1.38. The second-order valence-corrected chi connectivity index (χ2v) is 8.53. The van der Waals surface area contributed by atoms with Gasteiger partial charge >= 0.3 is 0 Å². The quantitative estimate of drug-likeness (QED) is 0.453. The predicted molar refractivity (Wildman–Crippen MR) is 116 cm³/mol. The maximum absolute atomic E-state index is 10.8. The number of rotatable bonds is 8. The zero-order chi connectivity index (χ0) is 20.3. The van der Waals surface area contributed by atoms with E-state index in [1.165, 1.54) is 5.56 Å². The molecule has 0 unspecified atom stereocenters. The molecule has 4 aromatic rings. The lowest BCUT2D eigenvalue weighted by molar-refractivity contribution is -0.0137. The highest BCUT2D eigenvalue weighted by Crippen LogP contribution is 2.33. The van der Waals surface area contributed by atoms with Gasteiger partial charge in [-0.3, -0.25) is 4.90 Å². The van der Waals surface area contributed by atoms with Crippen LogP contribution in [-0.2, 0) is 6.54 Å². The number of ether oxygens (including phenoxy) is 1. The minimum atomic E-state index is -0.978. The molecule has 0 bridgehead atoms. The number of aromatic nitrogens is 1. The Bertz CT molecular complexity index is 1070. The van der Waals surface area contributed by atoms with Crippen molar-refractivity contribution in [3.05, 3.63) is 71.6 Å². The standard InChI is InChI=1S/C23H24N2O3S/c1-23(26,15-25(2)14-17-7-4-3-5-8-17)16-27-19-10-6-9-18(13-19)21-22-20(28-24-21)11-12-29-22/h3-13,26H,14-16H2,1-2H3/t23-/m0/s1. The van der Waals surface area contributed by atoms with Crippen LogP contribution in [0.3, 0.4) is 0 Å².